The predicted octanol–water partition coefficient (Wildman–Crippen LogP) is 3.42. The Hall–Kier alpha value is 0.177. The molecule has 0 aromatic carbocycles. The van der Waals surface area contributed by atoms with Gasteiger partial charge < -0.3 is 4.43 Å². The van der Waals surface area contributed by atoms with Crippen LogP contribution in [0.25, 0.3) is 0 Å². The van der Waals surface area contributed by atoms with Crippen LogP contribution in [-0.4, -0.2) is 13.9 Å². The van der Waals surface area contributed by atoms with E-state index in [-0.39, 0.29) is 5.60 Å². The lowest BCUT2D eigenvalue weighted by Gasteiger charge is -2.48. The fraction of sp³-hybridized carbons (Fsp3) is 1.00. The molecule has 0 bridgehead atoms. The first kappa shape index (κ1) is 10.3. The molecular weight excluding hydrogens is 164 g/mol. The minimum atomic E-state index is -1.36. The van der Waals surface area contributed by atoms with Gasteiger partial charge in [-0.25, -0.2) is 0 Å². The summed E-state index contributed by atoms with van der Waals surface area (Å²) in [5.41, 5.74) is 0.592. The molecular formula is C10H22OSi. The molecule has 2 heteroatoms. The highest BCUT2D eigenvalue weighted by atomic mass is 28.4. The van der Waals surface area contributed by atoms with Crippen molar-refractivity contribution in [3.05, 3.63) is 0 Å². The number of hydrogen-bond acceptors (Lipinski definition) is 1. The molecule has 1 aliphatic heterocycles. The molecule has 0 saturated carbocycles. The van der Waals surface area contributed by atoms with Gasteiger partial charge in [0.15, 0.2) is 8.32 Å². The third kappa shape index (κ3) is 2.59. The van der Waals surface area contributed by atoms with Crippen LogP contribution in [0.2, 0.25) is 19.1 Å². The van der Waals surface area contributed by atoms with Crippen LogP contribution in [0.15, 0.2) is 0 Å². The van der Waals surface area contributed by atoms with Gasteiger partial charge in [0.1, 0.15) is 0 Å². The van der Waals surface area contributed by atoms with E-state index in [0.717, 1.165) is 0 Å². The molecule has 0 aromatic heterocycles. The van der Waals surface area contributed by atoms with Crippen molar-refractivity contribution >= 4 is 8.32 Å². The van der Waals surface area contributed by atoms with Crippen molar-refractivity contribution in [3.63, 3.8) is 0 Å². The first-order valence-electron chi connectivity index (χ1n) is 4.82. The van der Waals surface area contributed by atoms with E-state index < -0.39 is 8.32 Å². The van der Waals surface area contributed by atoms with Gasteiger partial charge in [-0.05, 0) is 44.8 Å². The molecule has 0 radical (unpaired) electrons. The monoisotopic (exact) mass is 186 g/mol. The average molecular weight is 186 g/mol. The summed E-state index contributed by atoms with van der Waals surface area (Å²) in [6.45, 7) is 13.8. The molecule has 72 valence electrons. The summed E-state index contributed by atoms with van der Waals surface area (Å²) < 4.78 is 6.14. The van der Waals surface area contributed by atoms with Crippen LogP contribution < -0.4 is 0 Å². The minimum Gasteiger partial charge on any atom is -0.412 e. The van der Waals surface area contributed by atoms with Crippen molar-refractivity contribution in [2.24, 2.45) is 5.41 Å². The molecule has 1 heterocycles. The van der Waals surface area contributed by atoms with E-state index in [1.807, 2.05) is 0 Å². The van der Waals surface area contributed by atoms with Crippen molar-refractivity contribution in [1.82, 2.24) is 0 Å². The highest BCUT2D eigenvalue weighted by Gasteiger charge is 2.44. The van der Waals surface area contributed by atoms with Crippen LogP contribution in [0.3, 0.4) is 0 Å². The molecule has 0 unspecified atom stereocenters. The lowest BCUT2D eigenvalue weighted by molar-refractivity contribution is 0.0245. The second-order valence-electron chi connectivity index (χ2n) is 6.14. The van der Waals surface area contributed by atoms with E-state index in [1.165, 1.54) is 12.5 Å². The Morgan fingerprint density at radius 2 is 1.58 bits per heavy atom. The van der Waals surface area contributed by atoms with Crippen LogP contribution in [0.4, 0.5) is 0 Å². The quantitative estimate of drug-likeness (QED) is 0.527. The molecule has 12 heavy (non-hydrogen) atoms. The summed E-state index contributed by atoms with van der Waals surface area (Å²) in [4.78, 5) is 0. The Morgan fingerprint density at radius 3 is 1.92 bits per heavy atom. The fourth-order valence-electron chi connectivity index (χ4n) is 3.19. The molecule has 1 saturated heterocycles. The van der Waals surface area contributed by atoms with Crippen molar-refractivity contribution < 1.29 is 4.43 Å². The van der Waals surface area contributed by atoms with Crippen molar-refractivity contribution in [2.75, 3.05) is 0 Å². The Bertz CT molecular complexity index is 137. The van der Waals surface area contributed by atoms with Gasteiger partial charge in [-0.1, -0.05) is 13.8 Å². The average Bonchev–Trinajstić information content (AvgIpc) is 1.44. The molecule has 1 nitrogen and oxygen atoms in total. The maximum absolute atomic E-state index is 6.14. The van der Waals surface area contributed by atoms with Gasteiger partial charge in [-0.2, -0.15) is 0 Å². The Balaban J connectivity index is 2.81. The van der Waals surface area contributed by atoms with E-state index in [0.29, 0.717) is 5.41 Å². The van der Waals surface area contributed by atoms with Gasteiger partial charge in [0.05, 0.1) is 5.60 Å². The van der Waals surface area contributed by atoms with Gasteiger partial charge in [-0.15, -0.1) is 0 Å². The highest BCUT2D eigenvalue weighted by Crippen LogP contribution is 2.44. The summed E-state index contributed by atoms with van der Waals surface area (Å²) in [5, 5.41) is 0. The van der Waals surface area contributed by atoms with Gasteiger partial charge in [0, 0.05) is 0 Å². The topological polar surface area (TPSA) is 9.23 Å². The first-order chi connectivity index (χ1) is 5.12. The lowest BCUT2D eigenvalue weighted by atomic mass is 9.83. The van der Waals surface area contributed by atoms with Gasteiger partial charge in [0.2, 0.25) is 0 Å². The normalized spacial score (nSPS) is 31.5. The molecule has 0 spiro atoms. The largest absolute Gasteiger partial charge is 0.412 e. The van der Waals surface area contributed by atoms with Gasteiger partial charge in [0.25, 0.3) is 0 Å². The molecule has 1 fully saturated rings. The predicted molar refractivity (Wildman–Crippen MR) is 55.9 cm³/mol. The van der Waals surface area contributed by atoms with Crippen LogP contribution in [-0.2, 0) is 4.43 Å². The summed E-state index contributed by atoms with van der Waals surface area (Å²) in [7, 11) is -1.36. The second kappa shape index (κ2) is 2.58. The van der Waals surface area contributed by atoms with Crippen molar-refractivity contribution in [1.29, 1.82) is 0 Å². The second-order valence-corrected chi connectivity index (χ2v) is 10.2. The first-order valence-corrected chi connectivity index (χ1v) is 7.94. The molecule has 0 amide bonds. The van der Waals surface area contributed by atoms with E-state index in [1.54, 1.807) is 0 Å². The zero-order chi connectivity index (χ0) is 9.62. The SMILES string of the molecule is CC1(C)CC(C)(C)O[Si](C)(C)C1. The van der Waals surface area contributed by atoms with E-state index in [9.17, 15) is 0 Å². The van der Waals surface area contributed by atoms with Gasteiger partial charge >= 0.3 is 0 Å². The zero-order valence-electron chi connectivity index (χ0n) is 9.32. The van der Waals surface area contributed by atoms with Crippen molar-refractivity contribution in [2.45, 2.75) is 58.9 Å². The van der Waals surface area contributed by atoms with Gasteiger partial charge in [-0.3, -0.25) is 0 Å². The van der Waals surface area contributed by atoms with E-state index in [4.69, 9.17) is 4.43 Å². The summed E-state index contributed by atoms with van der Waals surface area (Å²) >= 11 is 0. The van der Waals surface area contributed by atoms with Crippen molar-refractivity contribution in [3.8, 4) is 0 Å². The molecule has 0 atom stereocenters. The Labute approximate surface area is 77.6 Å². The fourth-order valence-corrected chi connectivity index (χ4v) is 7.26. The zero-order valence-corrected chi connectivity index (χ0v) is 10.3. The van der Waals surface area contributed by atoms with Crippen LogP contribution in [0.5, 0.6) is 0 Å². The molecule has 0 aliphatic carbocycles. The smallest absolute Gasteiger partial charge is 0.188 e. The Morgan fingerprint density at radius 1 is 1.08 bits per heavy atom. The number of hydrogen-bond donors (Lipinski definition) is 0. The Kier molecular flexibility index (Phi) is 2.21. The molecule has 1 aliphatic rings. The van der Waals surface area contributed by atoms with E-state index >= 15 is 0 Å². The third-order valence-electron chi connectivity index (χ3n) is 2.36. The lowest BCUT2D eigenvalue weighted by Crippen LogP contribution is -2.51. The summed E-state index contributed by atoms with van der Waals surface area (Å²) in [6, 6.07) is 1.30. The van der Waals surface area contributed by atoms with E-state index in [2.05, 4.69) is 40.8 Å². The summed E-state index contributed by atoms with van der Waals surface area (Å²) in [6.07, 6.45) is 1.19. The number of rotatable bonds is 0. The maximum atomic E-state index is 6.14. The standard InChI is InChI=1S/C10H22OSi/c1-9(2)7-10(3,4)11-12(5,6)8-9/h7-8H2,1-6H3. The van der Waals surface area contributed by atoms with Crippen LogP contribution in [0.1, 0.15) is 34.1 Å². The highest BCUT2D eigenvalue weighted by molar-refractivity contribution is 6.71. The minimum absolute atomic E-state index is 0.109. The van der Waals surface area contributed by atoms with Crippen LogP contribution >= 0.6 is 0 Å². The third-order valence-corrected chi connectivity index (χ3v) is 5.27. The molecule has 0 N–H and O–H groups in total. The summed E-state index contributed by atoms with van der Waals surface area (Å²) in [5.74, 6) is 0. The molecule has 0 aromatic rings. The molecule has 1 rings (SSSR count). The van der Waals surface area contributed by atoms with Crippen LogP contribution in [0, 0.1) is 5.41 Å². The maximum Gasteiger partial charge on any atom is 0.188 e.